The van der Waals surface area contributed by atoms with Crippen LogP contribution in [-0.2, 0) is 9.53 Å². The second-order valence-corrected chi connectivity index (χ2v) is 4.90. The number of carbonyl (C=O) groups is 2. The summed E-state index contributed by atoms with van der Waals surface area (Å²) in [7, 11) is 1.33. The summed E-state index contributed by atoms with van der Waals surface area (Å²) in [6.07, 6.45) is 1.78. The Morgan fingerprint density at radius 2 is 2.00 bits per heavy atom. The number of para-hydroxylation sites is 1. The number of benzene rings is 1. The maximum atomic E-state index is 11.8. The van der Waals surface area contributed by atoms with Gasteiger partial charge in [0.15, 0.2) is 0 Å². The van der Waals surface area contributed by atoms with Gasteiger partial charge in [0.1, 0.15) is 0 Å². The zero-order chi connectivity index (χ0) is 14.5. The highest BCUT2D eigenvalue weighted by Crippen LogP contribution is 2.25. The number of thioether (sulfide) groups is 1. The van der Waals surface area contributed by atoms with Gasteiger partial charge in [0.05, 0.1) is 29.1 Å². The van der Waals surface area contributed by atoms with Crippen molar-refractivity contribution in [1.82, 2.24) is 4.57 Å². The van der Waals surface area contributed by atoms with Crippen molar-refractivity contribution < 1.29 is 19.4 Å². The predicted molar refractivity (Wildman–Crippen MR) is 75.5 cm³/mol. The van der Waals surface area contributed by atoms with Crippen LogP contribution in [0.2, 0.25) is 0 Å². The first-order valence-electron chi connectivity index (χ1n) is 5.83. The number of ether oxygens (including phenoxy) is 1. The zero-order valence-electron chi connectivity index (χ0n) is 10.8. The fraction of sp³-hybridized carbons (Fsp3) is 0.143. The molecule has 1 aromatic carbocycles. The van der Waals surface area contributed by atoms with Gasteiger partial charge in [-0.3, -0.25) is 4.79 Å². The standard InChI is InChI=1S/C14H13NO4S/c1-19-14(18)10-5-2-3-6-11(10)15-8-4-7-12(15)20-9-13(16)17/h2-8H,9H2,1H3,(H,16,17). The molecule has 0 unspecified atom stereocenters. The second kappa shape index (κ2) is 6.29. The third-order valence-corrected chi connectivity index (χ3v) is 3.64. The van der Waals surface area contributed by atoms with E-state index in [1.807, 2.05) is 12.1 Å². The number of carbonyl (C=O) groups excluding carboxylic acids is 1. The molecule has 0 atom stereocenters. The Labute approximate surface area is 120 Å². The van der Waals surface area contributed by atoms with Crippen LogP contribution in [0.4, 0.5) is 0 Å². The maximum absolute atomic E-state index is 11.8. The molecular formula is C14H13NO4S. The molecule has 20 heavy (non-hydrogen) atoms. The number of hydrogen-bond acceptors (Lipinski definition) is 4. The fourth-order valence-corrected chi connectivity index (χ4v) is 2.53. The molecule has 0 aliphatic heterocycles. The van der Waals surface area contributed by atoms with Gasteiger partial charge in [-0.15, -0.1) is 0 Å². The molecule has 0 saturated carbocycles. The molecule has 104 valence electrons. The Balaban J connectivity index is 2.40. The average Bonchev–Trinajstić information content (AvgIpc) is 2.92. The van der Waals surface area contributed by atoms with Gasteiger partial charge in [-0.1, -0.05) is 23.9 Å². The quantitative estimate of drug-likeness (QED) is 0.677. The number of carboxylic acids is 1. The monoisotopic (exact) mass is 291 g/mol. The van der Waals surface area contributed by atoms with Gasteiger partial charge in [-0.05, 0) is 24.3 Å². The van der Waals surface area contributed by atoms with Crippen molar-refractivity contribution in [2.24, 2.45) is 0 Å². The molecule has 0 radical (unpaired) electrons. The smallest absolute Gasteiger partial charge is 0.339 e. The van der Waals surface area contributed by atoms with Crippen molar-refractivity contribution in [2.75, 3.05) is 12.9 Å². The van der Waals surface area contributed by atoms with Crippen molar-refractivity contribution in [2.45, 2.75) is 5.03 Å². The van der Waals surface area contributed by atoms with Gasteiger partial charge in [0.25, 0.3) is 0 Å². The van der Waals surface area contributed by atoms with E-state index in [0.717, 1.165) is 5.03 Å². The molecule has 1 heterocycles. The molecule has 2 aromatic rings. The van der Waals surface area contributed by atoms with Crippen LogP contribution in [0.3, 0.4) is 0 Å². The van der Waals surface area contributed by atoms with E-state index >= 15 is 0 Å². The molecule has 0 amide bonds. The number of aromatic nitrogens is 1. The number of methoxy groups -OCH3 is 1. The summed E-state index contributed by atoms with van der Waals surface area (Å²) in [4.78, 5) is 22.4. The van der Waals surface area contributed by atoms with E-state index in [2.05, 4.69) is 0 Å². The first-order chi connectivity index (χ1) is 9.63. The Morgan fingerprint density at radius 3 is 2.70 bits per heavy atom. The summed E-state index contributed by atoms with van der Waals surface area (Å²) in [6, 6.07) is 10.6. The van der Waals surface area contributed by atoms with E-state index in [9.17, 15) is 9.59 Å². The summed E-state index contributed by atoms with van der Waals surface area (Å²) in [6.45, 7) is 0. The molecule has 1 aromatic heterocycles. The van der Waals surface area contributed by atoms with Crippen LogP contribution in [0, 0.1) is 0 Å². The molecule has 0 spiro atoms. The molecule has 0 aliphatic rings. The highest BCUT2D eigenvalue weighted by Gasteiger charge is 2.14. The molecule has 6 heteroatoms. The largest absolute Gasteiger partial charge is 0.481 e. The van der Waals surface area contributed by atoms with E-state index < -0.39 is 11.9 Å². The molecule has 0 saturated heterocycles. The van der Waals surface area contributed by atoms with Gasteiger partial charge in [-0.2, -0.15) is 0 Å². The lowest BCUT2D eigenvalue weighted by Crippen LogP contribution is -2.08. The minimum Gasteiger partial charge on any atom is -0.481 e. The van der Waals surface area contributed by atoms with Gasteiger partial charge in [0, 0.05) is 6.20 Å². The molecule has 1 N–H and O–H groups in total. The Morgan fingerprint density at radius 1 is 1.25 bits per heavy atom. The Hall–Kier alpha value is -2.21. The number of rotatable bonds is 5. The number of aliphatic carboxylic acids is 1. The zero-order valence-corrected chi connectivity index (χ0v) is 11.6. The van der Waals surface area contributed by atoms with Crippen LogP contribution in [0.15, 0.2) is 47.6 Å². The van der Waals surface area contributed by atoms with Crippen LogP contribution in [0.25, 0.3) is 5.69 Å². The van der Waals surface area contributed by atoms with Crippen LogP contribution < -0.4 is 0 Å². The first-order valence-corrected chi connectivity index (χ1v) is 6.81. The van der Waals surface area contributed by atoms with Crippen molar-refractivity contribution in [1.29, 1.82) is 0 Å². The van der Waals surface area contributed by atoms with Crippen molar-refractivity contribution in [3.8, 4) is 5.69 Å². The molecule has 2 rings (SSSR count). The number of hydrogen-bond donors (Lipinski definition) is 1. The number of esters is 1. The summed E-state index contributed by atoms with van der Waals surface area (Å²) >= 11 is 1.20. The van der Waals surface area contributed by atoms with E-state index in [1.54, 1.807) is 35.0 Å². The third-order valence-electron chi connectivity index (χ3n) is 2.62. The minimum atomic E-state index is -0.885. The lowest BCUT2D eigenvalue weighted by atomic mass is 10.2. The third kappa shape index (κ3) is 3.03. The highest BCUT2D eigenvalue weighted by molar-refractivity contribution is 7.99. The Bertz CT molecular complexity index is 636. The SMILES string of the molecule is COC(=O)c1ccccc1-n1cccc1SCC(=O)O. The molecule has 0 fully saturated rings. The van der Waals surface area contributed by atoms with Crippen LogP contribution in [0.5, 0.6) is 0 Å². The van der Waals surface area contributed by atoms with Crippen molar-refractivity contribution in [3.05, 3.63) is 48.2 Å². The van der Waals surface area contributed by atoms with Gasteiger partial charge >= 0.3 is 11.9 Å². The average molecular weight is 291 g/mol. The van der Waals surface area contributed by atoms with Crippen molar-refractivity contribution >= 4 is 23.7 Å². The van der Waals surface area contributed by atoms with Crippen LogP contribution in [-0.4, -0.2) is 34.5 Å². The van der Waals surface area contributed by atoms with Crippen LogP contribution >= 0.6 is 11.8 Å². The maximum Gasteiger partial charge on any atom is 0.339 e. The van der Waals surface area contributed by atoms with Gasteiger partial charge in [0.2, 0.25) is 0 Å². The lowest BCUT2D eigenvalue weighted by molar-refractivity contribution is -0.133. The molecule has 0 aliphatic carbocycles. The molecular weight excluding hydrogens is 278 g/mol. The van der Waals surface area contributed by atoms with E-state index in [4.69, 9.17) is 9.84 Å². The predicted octanol–water partition coefficient (Wildman–Crippen LogP) is 2.44. The van der Waals surface area contributed by atoms with Gasteiger partial charge in [-0.25, -0.2) is 4.79 Å². The van der Waals surface area contributed by atoms with E-state index in [1.165, 1.54) is 18.9 Å². The van der Waals surface area contributed by atoms with Crippen molar-refractivity contribution in [3.63, 3.8) is 0 Å². The summed E-state index contributed by atoms with van der Waals surface area (Å²) in [5.41, 5.74) is 1.10. The normalized spacial score (nSPS) is 10.2. The summed E-state index contributed by atoms with van der Waals surface area (Å²) < 4.78 is 6.54. The van der Waals surface area contributed by atoms with Gasteiger partial charge < -0.3 is 14.4 Å². The fourth-order valence-electron chi connectivity index (χ4n) is 1.78. The minimum absolute atomic E-state index is 0.0373. The van der Waals surface area contributed by atoms with E-state index in [-0.39, 0.29) is 5.75 Å². The highest BCUT2D eigenvalue weighted by atomic mass is 32.2. The lowest BCUT2D eigenvalue weighted by Gasteiger charge is -2.12. The molecule has 0 bridgehead atoms. The molecule has 5 nitrogen and oxygen atoms in total. The Kier molecular flexibility index (Phi) is 4.47. The second-order valence-electron chi connectivity index (χ2n) is 3.91. The van der Waals surface area contributed by atoms with Crippen LogP contribution in [0.1, 0.15) is 10.4 Å². The number of carboxylic acid groups (broad SMARTS) is 1. The first kappa shape index (κ1) is 14.2. The van der Waals surface area contributed by atoms with E-state index in [0.29, 0.717) is 11.3 Å². The summed E-state index contributed by atoms with van der Waals surface area (Å²) in [5.74, 6) is -1.35. The topological polar surface area (TPSA) is 68.5 Å². The summed E-state index contributed by atoms with van der Waals surface area (Å²) in [5, 5.41) is 9.50. The number of nitrogens with zero attached hydrogens (tertiary/aromatic N) is 1.